The monoisotopic (exact) mass is 273 g/mol. The first-order valence-corrected chi connectivity index (χ1v) is 5.85. The summed E-state index contributed by atoms with van der Waals surface area (Å²) >= 11 is 5.71. The Morgan fingerprint density at radius 2 is 2.12 bits per heavy atom. The van der Waals surface area contributed by atoms with Crippen molar-refractivity contribution < 1.29 is 23.1 Å². The van der Waals surface area contributed by atoms with Crippen LogP contribution in [-0.4, -0.2) is 47.2 Å². The first-order valence-electron chi connectivity index (χ1n) is 5.41. The molecule has 0 unspecified atom stereocenters. The number of hydrogen-bond donors (Lipinski definition) is 1. The van der Waals surface area contributed by atoms with E-state index in [1.54, 1.807) is 6.92 Å². The number of carbonyl (C=O) groups excluding carboxylic acids is 1. The number of carbonyl (C=O) groups is 1. The molecule has 0 saturated carbocycles. The van der Waals surface area contributed by atoms with Gasteiger partial charge in [0, 0.05) is 25.6 Å². The van der Waals surface area contributed by atoms with Crippen molar-refractivity contribution in [1.29, 1.82) is 0 Å². The number of amides is 1. The summed E-state index contributed by atoms with van der Waals surface area (Å²) in [4.78, 5) is 12.8. The molecule has 1 heterocycles. The maximum Gasteiger partial charge on any atom is 0.393 e. The van der Waals surface area contributed by atoms with E-state index in [-0.39, 0.29) is 6.54 Å². The second kappa shape index (κ2) is 5.44. The molecule has 1 amide bonds. The molecule has 1 saturated heterocycles. The predicted octanol–water partition coefficient (Wildman–Crippen LogP) is 1.63. The van der Waals surface area contributed by atoms with Gasteiger partial charge in [-0.2, -0.15) is 13.2 Å². The second-order valence-electron chi connectivity index (χ2n) is 4.21. The molecule has 1 aliphatic heterocycles. The minimum Gasteiger partial charge on any atom is -0.396 e. The lowest BCUT2D eigenvalue weighted by molar-refractivity contribution is -0.183. The summed E-state index contributed by atoms with van der Waals surface area (Å²) in [5.74, 6) is -3.09. The molecule has 7 heteroatoms. The van der Waals surface area contributed by atoms with Gasteiger partial charge in [0.05, 0.1) is 5.92 Å². The summed E-state index contributed by atoms with van der Waals surface area (Å²) in [6.45, 7) is 0.628. The molecule has 100 valence electrons. The molecule has 1 rings (SSSR count). The minimum atomic E-state index is -4.39. The first-order chi connectivity index (χ1) is 7.81. The number of nitrogens with zero attached hydrogens (tertiary/aromatic N) is 1. The number of halogens is 4. The zero-order chi connectivity index (χ0) is 13.2. The predicted molar refractivity (Wildman–Crippen MR) is 56.6 cm³/mol. The van der Waals surface area contributed by atoms with Gasteiger partial charge in [0.15, 0.2) is 0 Å². The Labute approximate surface area is 103 Å². The van der Waals surface area contributed by atoms with Gasteiger partial charge in [0.25, 0.3) is 0 Å². The van der Waals surface area contributed by atoms with Crippen LogP contribution in [0.25, 0.3) is 0 Å². The normalized spacial score (nSPS) is 27.3. The third-order valence-corrected chi connectivity index (χ3v) is 3.53. The Morgan fingerprint density at radius 3 is 2.47 bits per heavy atom. The summed E-state index contributed by atoms with van der Waals surface area (Å²) in [7, 11) is 0. The molecule has 1 fully saturated rings. The maximum absolute atomic E-state index is 12.6. The van der Waals surface area contributed by atoms with Crippen molar-refractivity contribution in [1.82, 2.24) is 4.90 Å². The van der Waals surface area contributed by atoms with Crippen LogP contribution in [0.3, 0.4) is 0 Å². The van der Waals surface area contributed by atoms with Crippen LogP contribution in [0.4, 0.5) is 13.2 Å². The van der Waals surface area contributed by atoms with E-state index in [0.29, 0.717) is 6.42 Å². The average Bonchev–Trinajstić information content (AvgIpc) is 2.70. The van der Waals surface area contributed by atoms with Gasteiger partial charge >= 0.3 is 6.18 Å². The van der Waals surface area contributed by atoms with Crippen molar-refractivity contribution in [3.63, 3.8) is 0 Å². The van der Waals surface area contributed by atoms with Crippen LogP contribution in [0.5, 0.6) is 0 Å². The number of alkyl halides is 4. The van der Waals surface area contributed by atoms with Crippen molar-refractivity contribution in [2.75, 3.05) is 19.7 Å². The van der Waals surface area contributed by atoms with Gasteiger partial charge in [-0.3, -0.25) is 4.79 Å². The van der Waals surface area contributed by atoms with E-state index in [4.69, 9.17) is 16.7 Å². The highest BCUT2D eigenvalue weighted by molar-refractivity contribution is 6.30. The standard InChI is InChI=1S/C10H15ClF3NO2/c1-2-8(11)9(17)15-3-6(5-16)7(4-15)10(12,13)14/h6-8,16H,2-5H2,1H3/t6-,7+,8-/m0/s1. The highest BCUT2D eigenvalue weighted by Crippen LogP contribution is 2.37. The van der Waals surface area contributed by atoms with Gasteiger partial charge in [-0.25, -0.2) is 0 Å². The van der Waals surface area contributed by atoms with Gasteiger partial charge in [-0.15, -0.1) is 11.6 Å². The molecule has 1 N–H and O–H groups in total. The second-order valence-corrected chi connectivity index (χ2v) is 4.74. The molecule has 1 aliphatic rings. The van der Waals surface area contributed by atoms with Crippen LogP contribution in [0.2, 0.25) is 0 Å². The smallest absolute Gasteiger partial charge is 0.393 e. The third-order valence-electron chi connectivity index (χ3n) is 3.03. The van der Waals surface area contributed by atoms with Gasteiger partial charge in [0.1, 0.15) is 5.38 Å². The van der Waals surface area contributed by atoms with E-state index in [9.17, 15) is 18.0 Å². The van der Waals surface area contributed by atoms with E-state index in [2.05, 4.69) is 0 Å². The molecule has 0 spiro atoms. The Morgan fingerprint density at radius 1 is 1.53 bits per heavy atom. The number of aliphatic hydroxyl groups excluding tert-OH is 1. The number of hydrogen-bond acceptors (Lipinski definition) is 2. The van der Waals surface area contributed by atoms with Gasteiger partial charge < -0.3 is 10.0 Å². The van der Waals surface area contributed by atoms with E-state index >= 15 is 0 Å². The molecule has 0 radical (unpaired) electrons. The summed E-state index contributed by atoms with van der Waals surface area (Å²) in [5, 5.41) is 8.13. The quantitative estimate of drug-likeness (QED) is 0.794. The molecular formula is C10H15ClF3NO2. The number of aliphatic hydroxyl groups is 1. The Balaban J connectivity index is 2.73. The van der Waals surface area contributed by atoms with Crippen LogP contribution < -0.4 is 0 Å². The minimum absolute atomic E-state index is 0.0806. The lowest BCUT2D eigenvalue weighted by Crippen LogP contribution is -2.36. The topological polar surface area (TPSA) is 40.5 Å². The fourth-order valence-corrected chi connectivity index (χ4v) is 2.12. The van der Waals surface area contributed by atoms with E-state index in [0.717, 1.165) is 4.90 Å². The fraction of sp³-hybridized carbons (Fsp3) is 0.900. The number of likely N-dealkylation sites (tertiary alicyclic amines) is 1. The summed E-state index contributed by atoms with van der Waals surface area (Å²) in [6, 6.07) is 0. The maximum atomic E-state index is 12.6. The van der Waals surface area contributed by atoms with Gasteiger partial charge in [0.2, 0.25) is 5.91 Å². The summed E-state index contributed by atoms with van der Waals surface area (Å²) in [6.07, 6.45) is -4.02. The Bertz CT molecular complexity index is 285. The summed E-state index contributed by atoms with van der Waals surface area (Å²) < 4.78 is 37.9. The highest BCUT2D eigenvalue weighted by atomic mass is 35.5. The lowest BCUT2D eigenvalue weighted by Gasteiger charge is -2.20. The SMILES string of the molecule is CC[C@H](Cl)C(=O)N1C[C@@H](CO)[C@H](C(F)(F)F)C1. The van der Waals surface area contributed by atoms with Crippen LogP contribution >= 0.6 is 11.6 Å². The largest absolute Gasteiger partial charge is 0.396 e. The molecule has 0 aromatic carbocycles. The van der Waals surface area contributed by atoms with Crippen molar-refractivity contribution >= 4 is 17.5 Å². The number of rotatable bonds is 3. The zero-order valence-electron chi connectivity index (χ0n) is 9.38. The van der Waals surface area contributed by atoms with E-state index in [1.165, 1.54) is 0 Å². The first kappa shape index (κ1) is 14.6. The van der Waals surface area contributed by atoms with Crippen LogP contribution in [0, 0.1) is 11.8 Å². The third kappa shape index (κ3) is 3.25. The average molecular weight is 274 g/mol. The van der Waals surface area contributed by atoms with Crippen LogP contribution in [0.15, 0.2) is 0 Å². The lowest BCUT2D eigenvalue weighted by atomic mass is 9.97. The molecule has 3 atom stereocenters. The Hall–Kier alpha value is -0.490. The van der Waals surface area contributed by atoms with Crippen LogP contribution in [-0.2, 0) is 4.79 Å². The van der Waals surface area contributed by atoms with Crippen molar-refractivity contribution in [3.8, 4) is 0 Å². The van der Waals surface area contributed by atoms with Gasteiger partial charge in [-0.1, -0.05) is 6.92 Å². The Kier molecular flexibility index (Phi) is 4.66. The van der Waals surface area contributed by atoms with Gasteiger partial charge in [-0.05, 0) is 6.42 Å². The van der Waals surface area contributed by atoms with Crippen LogP contribution in [0.1, 0.15) is 13.3 Å². The molecule has 0 aromatic rings. The molecule has 17 heavy (non-hydrogen) atoms. The van der Waals surface area contributed by atoms with Crippen molar-refractivity contribution in [3.05, 3.63) is 0 Å². The summed E-state index contributed by atoms with van der Waals surface area (Å²) in [5.41, 5.74) is 0. The van der Waals surface area contributed by atoms with E-state index in [1.807, 2.05) is 0 Å². The molecule has 0 aromatic heterocycles. The molecule has 0 bridgehead atoms. The molecule has 0 aliphatic carbocycles. The zero-order valence-corrected chi connectivity index (χ0v) is 10.1. The van der Waals surface area contributed by atoms with Crippen molar-refractivity contribution in [2.45, 2.75) is 24.9 Å². The fourth-order valence-electron chi connectivity index (χ4n) is 1.98. The molecule has 3 nitrogen and oxygen atoms in total. The highest BCUT2D eigenvalue weighted by Gasteiger charge is 2.50. The molecular weight excluding hydrogens is 259 g/mol. The van der Waals surface area contributed by atoms with Crippen molar-refractivity contribution in [2.24, 2.45) is 11.8 Å². The van der Waals surface area contributed by atoms with E-state index < -0.39 is 42.4 Å².